The maximum Gasteiger partial charge on any atom is 0.123 e. The van der Waals surface area contributed by atoms with Crippen LogP contribution in [0.1, 0.15) is 11.6 Å². The predicted molar refractivity (Wildman–Crippen MR) is 98.2 cm³/mol. The molecule has 5 heteroatoms. The smallest absolute Gasteiger partial charge is 0.123 e. The van der Waals surface area contributed by atoms with Gasteiger partial charge in [-0.05, 0) is 29.8 Å². The summed E-state index contributed by atoms with van der Waals surface area (Å²) in [6.45, 7) is 5.63. The Hall–Kier alpha value is -1.95. The Morgan fingerprint density at radius 2 is 1.64 bits per heavy atom. The molecule has 1 radical (unpaired) electrons. The van der Waals surface area contributed by atoms with Crippen molar-refractivity contribution in [2.75, 3.05) is 44.2 Å². The van der Waals surface area contributed by atoms with Gasteiger partial charge in [-0.15, -0.1) is 0 Å². The van der Waals surface area contributed by atoms with E-state index >= 15 is 0 Å². The highest BCUT2D eigenvalue weighted by molar-refractivity contribution is 5.46. The number of benzene rings is 2. The average Bonchev–Trinajstić information content (AvgIpc) is 2.69. The topological polar surface area (TPSA) is 32.6 Å². The lowest BCUT2D eigenvalue weighted by Gasteiger charge is -2.44. The summed E-state index contributed by atoms with van der Waals surface area (Å²) in [5.41, 5.74) is 2.40. The number of hydrogen-bond acceptors (Lipinski definition) is 3. The fourth-order valence-corrected chi connectivity index (χ4v) is 3.80. The van der Waals surface area contributed by atoms with Crippen molar-refractivity contribution in [1.29, 1.82) is 0 Å². The fraction of sp³-hybridized carbons (Fsp3) is 0.400. The molecule has 2 fully saturated rings. The van der Waals surface area contributed by atoms with Gasteiger partial charge in [0.2, 0.25) is 0 Å². The first kappa shape index (κ1) is 16.5. The van der Waals surface area contributed by atoms with Gasteiger partial charge in [0.1, 0.15) is 5.82 Å². The van der Waals surface area contributed by atoms with Gasteiger partial charge < -0.3 is 10.2 Å². The van der Waals surface area contributed by atoms with Gasteiger partial charge in [-0.3, -0.25) is 4.90 Å². The molecule has 25 heavy (non-hydrogen) atoms. The molecule has 4 nitrogen and oxygen atoms in total. The van der Waals surface area contributed by atoms with Crippen LogP contribution in [0.3, 0.4) is 0 Å². The number of nitrogens with one attached hydrogen (secondary N) is 1. The zero-order valence-electron chi connectivity index (χ0n) is 14.3. The molecule has 2 aliphatic heterocycles. The zero-order valence-corrected chi connectivity index (χ0v) is 14.3. The second-order valence-electron chi connectivity index (χ2n) is 6.66. The molecular formula is C20H24FN4. The lowest BCUT2D eigenvalue weighted by molar-refractivity contribution is 0.0991. The van der Waals surface area contributed by atoms with Crippen molar-refractivity contribution in [3.05, 3.63) is 66.0 Å². The predicted octanol–water partition coefficient (Wildman–Crippen LogP) is 2.22. The number of anilines is 1. The molecule has 131 valence electrons. The Morgan fingerprint density at radius 3 is 2.36 bits per heavy atom. The summed E-state index contributed by atoms with van der Waals surface area (Å²) in [4.78, 5) is 4.80. The van der Waals surface area contributed by atoms with E-state index in [2.05, 4.69) is 45.4 Å². The minimum absolute atomic E-state index is 0.180. The third-order valence-electron chi connectivity index (χ3n) is 5.13. The van der Waals surface area contributed by atoms with Gasteiger partial charge in [-0.2, -0.15) is 0 Å². The van der Waals surface area contributed by atoms with Crippen molar-refractivity contribution in [3.8, 4) is 0 Å². The number of piperazine rings is 2. The molecule has 0 aliphatic carbocycles. The quantitative estimate of drug-likeness (QED) is 0.931. The lowest BCUT2D eigenvalue weighted by atomic mass is 10.0. The largest absolute Gasteiger partial charge is 0.369 e. The van der Waals surface area contributed by atoms with Gasteiger partial charge in [0.15, 0.2) is 0 Å². The van der Waals surface area contributed by atoms with Crippen LogP contribution < -0.4 is 15.5 Å². The molecule has 4 rings (SSSR count). The summed E-state index contributed by atoms with van der Waals surface area (Å²) in [5.74, 6) is -0.180. The lowest BCUT2D eigenvalue weighted by Crippen LogP contribution is -2.60. The van der Waals surface area contributed by atoms with Crippen LogP contribution in [-0.4, -0.2) is 50.3 Å². The molecular weight excluding hydrogens is 315 g/mol. The van der Waals surface area contributed by atoms with Crippen LogP contribution in [0.2, 0.25) is 0 Å². The van der Waals surface area contributed by atoms with Crippen LogP contribution in [0.5, 0.6) is 0 Å². The van der Waals surface area contributed by atoms with Crippen molar-refractivity contribution >= 4 is 5.69 Å². The van der Waals surface area contributed by atoms with Gasteiger partial charge in [0.25, 0.3) is 0 Å². The second kappa shape index (κ2) is 7.52. The van der Waals surface area contributed by atoms with Gasteiger partial charge in [0, 0.05) is 45.0 Å². The number of hydrogen-bond donors (Lipinski definition) is 1. The van der Waals surface area contributed by atoms with Crippen molar-refractivity contribution in [2.24, 2.45) is 0 Å². The minimum atomic E-state index is -0.180. The summed E-state index contributed by atoms with van der Waals surface area (Å²) in [6, 6.07) is 17.7. The fourth-order valence-electron chi connectivity index (χ4n) is 3.80. The molecule has 2 unspecified atom stereocenters. The number of nitrogens with zero attached hydrogens (tertiary/aromatic N) is 3. The van der Waals surface area contributed by atoms with Crippen LogP contribution in [0.25, 0.3) is 0 Å². The molecule has 2 aromatic carbocycles. The maximum atomic E-state index is 13.1. The molecule has 0 saturated carbocycles. The molecule has 1 N–H and O–H groups in total. The van der Waals surface area contributed by atoms with E-state index in [1.807, 2.05) is 12.1 Å². The summed E-state index contributed by atoms with van der Waals surface area (Å²) in [7, 11) is 0. The van der Waals surface area contributed by atoms with Crippen LogP contribution in [0.4, 0.5) is 10.1 Å². The highest BCUT2D eigenvalue weighted by atomic mass is 19.1. The normalized spacial score (nSPS) is 25.1. The molecule has 2 atom stereocenters. The monoisotopic (exact) mass is 339 g/mol. The van der Waals surface area contributed by atoms with Gasteiger partial charge >= 0.3 is 0 Å². The summed E-state index contributed by atoms with van der Waals surface area (Å²) in [5, 5.41) is 8.56. The molecule has 2 aromatic rings. The van der Waals surface area contributed by atoms with E-state index in [1.54, 1.807) is 0 Å². The average molecular weight is 339 g/mol. The first-order valence-corrected chi connectivity index (χ1v) is 9.01. The van der Waals surface area contributed by atoms with E-state index in [1.165, 1.54) is 17.7 Å². The minimum Gasteiger partial charge on any atom is -0.369 e. The molecule has 2 aliphatic rings. The second-order valence-corrected chi connectivity index (χ2v) is 6.66. The standard InChI is InChI=1S/C20H24FN4/c21-17-6-8-18(9-7-17)24-12-14-25(15-13-24)20-19(22-10-11-23-20)16-4-2-1-3-5-16/h1-9,19-20,22H,10-15H2. The van der Waals surface area contributed by atoms with E-state index < -0.39 is 0 Å². The summed E-state index contributed by atoms with van der Waals surface area (Å²) >= 11 is 0. The highest BCUT2D eigenvalue weighted by Crippen LogP contribution is 2.24. The van der Waals surface area contributed by atoms with Gasteiger partial charge in [-0.1, -0.05) is 30.3 Å². The van der Waals surface area contributed by atoms with Crippen LogP contribution in [0.15, 0.2) is 54.6 Å². The third-order valence-corrected chi connectivity index (χ3v) is 5.13. The molecule has 0 bridgehead atoms. The molecule has 2 heterocycles. The molecule has 0 amide bonds. The summed E-state index contributed by atoms with van der Waals surface area (Å²) in [6.07, 6.45) is 0.187. The first-order chi connectivity index (χ1) is 12.3. The number of rotatable bonds is 3. The Balaban J connectivity index is 1.43. The highest BCUT2D eigenvalue weighted by Gasteiger charge is 2.33. The van der Waals surface area contributed by atoms with Crippen molar-refractivity contribution < 1.29 is 4.39 Å². The SMILES string of the molecule is Fc1ccc(N2CCN(C3[N]CCNC3c3ccccc3)CC2)cc1. The van der Waals surface area contributed by atoms with Crippen molar-refractivity contribution in [2.45, 2.75) is 12.2 Å². The zero-order chi connectivity index (χ0) is 17.1. The van der Waals surface area contributed by atoms with E-state index in [0.717, 1.165) is 45.0 Å². The number of halogens is 1. The molecule has 0 spiro atoms. The van der Waals surface area contributed by atoms with Crippen LogP contribution >= 0.6 is 0 Å². The van der Waals surface area contributed by atoms with E-state index in [-0.39, 0.29) is 18.0 Å². The van der Waals surface area contributed by atoms with Crippen molar-refractivity contribution in [3.63, 3.8) is 0 Å². The summed E-state index contributed by atoms with van der Waals surface area (Å²) < 4.78 is 13.1. The molecule has 0 aromatic heterocycles. The van der Waals surface area contributed by atoms with Gasteiger partial charge in [0.05, 0.1) is 12.2 Å². The van der Waals surface area contributed by atoms with Crippen LogP contribution in [-0.2, 0) is 0 Å². The van der Waals surface area contributed by atoms with Crippen LogP contribution in [0, 0.1) is 5.82 Å². The first-order valence-electron chi connectivity index (χ1n) is 9.01. The third kappa shape index (κ3) is 3.68. The Kier molecular flexibility index (Phi) is 4.97. The Bertz CT molecular complexity index is 668. The Morgan fingerprint density at radius 1 is 0.920 bits per heavy atom. The van der Waals surface area contributed by atoms with E-state index in [0.29, 0.717) is 0 Å². The molecule has 2 saturated heterocycles. The Labute approximate surface area is 148 Å². The van der Waals surface area contributed by atoms with E-state index in [9.17, 15) is 4.39 Å². The van der Waals surface area contributed by atoms with Gasteiger partial charge in [-0.25, -0.2) is 9.71 Å². The van der Waals surface area contributed by atoms with Crippen molar-refractivity contribution in [1.82, 2.24) is 15.5 Å². The maximum absolute atomic E-state index is 13.1. The van der Waals surface area contributed by atoms with E-state index in [4.69, 9.17) is 5.32 Å².